The Bertz CT molecular complexity index is 464. The minimum absolute atomic E-state index is 0.140. The zero-order chi connectivity index (χ0) is 14.6. The number of hydrogen-bond acceptors (Lipinski definition) is 1. The van der Waals surface area contributed by atoms with Gasteiger partial charge in [0.2, 0.25) is 5.91 Å². The second-order valence-corrected chi connectivity index (χ2v) is 6.93. The third-order valence-corrected chi connectivity index (χ3v) is 4.83. The van der Waals surface area contributed by atoms with Gasteiger partial charge in [0.05, 0.1) is 0 Å². The minimum atomic E-state index is -0.140. The van der Waals surface area contributed by atoms with E-state index in [-0.39, 0.29) is 11.3 Å². The summed E-state index contributed by atoms with van der Waals surface area (Å²) in [5, 5.41) is 3.96. The van der Waals surface area contributed by atoms with Gasteiger partial charge >= 0.3 is 0 Å². The Hall–Kier alpha value is -0.830. The van der Waals surface area contributed by atoms with Crippen LogP contribution in [0, 0.1) is 11.3 Å². The summed E-state index contributed by atoms with van der Waals surface area (Å²) in [6.45, 7) is 4.41. The fourth-order valence-corrected chi connectivity index (χ4v) is 3.70. The number of amides is 1. The van der Waals surface area contributed by atoms with Gasteiger partial charge in [0.15, 0.2) is 0 Å². The highest BCUT2D eigenvalue weighted by Gasteiger charge is 2.41. The lowest BCUT2D eigenvalue weighted by Gasteiger charge is -2.29. The Morgan fingerprint density at radius 2 is 2.05 bits per heavy atom. The molecule has 0 aliphatic heterocycles. The summed E-state index contributed by atoms with van der Waals surface area (Å²) in [5.74, 6) is 0.781. The van der Waals surface area contributed by atoms with Gasteiger partial charge < -0.3 is 5.32 Å². The van der Waals surface area contributed by atoms with Gasteiger partial charge in [-0.1, -0.05) is 54.8 Å². The average molecular weight is 338 g/mol. The molecule has 0 saturated heterocycles. The second-order valence-electron chi connectivity index (χ2n) is 6.37. The van der Waals surface area contributed by atoms with Gasteiger partial charge in [-0.15, -0.1) is 0 Å². The molecule has 3 heteroatoms. The Balaban J connectivity index is 2.12. The first-order valence-electron chi connectivity index (χ1n) is 7.52. The van der Waals surface area contributed by atoms with Gasteiger partial charge in [0.25, 0.3) is 0 Å². The van der Waals surface area contributed by atoms with Gasteiger partial charge in [-0.3, -0.25) is 4.79 Å². The molecule has 0 heterocycles. The van der Waals surface area contributed by atoms with E-state index in [0.29, 0.717) is 5.92 Å². The van der Waals surface area contributed by atoms with Gasteiger partial charge in [-0.05, 0) is 42.9 Å². The van der Waals surface area contributed by atoms with Crippen molar-refractivity contribution < 1.29 is 4.79 Å². The van der Waals surface area contributed by atoms with E-state index in [9.17, 15) is 4.79 Å². The van der Waals surface area contributed by atoms with Gasteiger partial charge in [0.1, 0.15) is 0 Å². The fraction of sp³-hybridized carbons (Fsp3) is 0.588. The van der Waals surface area contributed by atoms with Crippen molar-refractivity contribution in [1.82, 2.24) is 0 Å². The molecule has 20 heavy (non-hydrogen) atoms. The third-order valence-electron chi connectivity index (χ3n) is 4.18. The van der Waals surface area contributed by atoms with Crippen LogP contribution in [0.4, 0.5) is 5.69 Å². The van der Waals surface area contributed by atoms with E-state index in [4.69, 9.17) is 0 Å². The topological polar surface area (TPSA) is 29.1 Å². The maximum atomic E-state index is 12.7. The summed E-state index contributed by atoms with van der Waals surface area (Å²) in [7, 11) is 0. The van der Waals surface area contributed by atoms with Crippen LogP contribution in [0.1, 0.15) is 51.5 Å². The SMILES string of the molecule is CC(C)CC1(C(=O)Nc2cccc(CBr)c2)CCCC1. The summed E-state index contributed by atoms with van der Waals surface area (Å²) < 4.78 is 0. The number of nitrogens with one attached hydrogen (secondary N) is 1. The largest absolute Gasteiger partial charge is 0.326 e. The predicted molar refractivity (Wildman–Crippen MR) is 88.1 cm³/mol. The highest BCUT2D eigenvalue weighted by molar-refractivity contribution is 9.08. The number of rotatable bonds is 5. The molecule has 0 radical (unpaired) electrons. The van der Waals surface area contributed by atoms with E-state index in [0.717, 1.165) is 30.3 Å². The normalized spacial score (nSPS) is 17.4. The number of carbonyl (C=O) groups excluding carboxylic acids is 1. The van der Waals surface area contributed by atoms with Crippen molar-refractivity contribution in [3.8, 4) is 0 Å². The first-order chi connectivity index (χ1) is 9.55. The lowest BCUT2D eigenvalue weighted by molar-refractivity contribution is -0.126. The van der Waals surface area contributed by atoms with E-state index in [1.54, 1.807) is 0 Å². The number of alkyl halides is 1. The van der Waals surface area contributed by atoms with Crippen LogP contribution in [-0.2, 0) is 10.1 Å². The molecule has 1 N–H and O–H groups in total. The average Bonchev–Trinajstić information content (AvgIpc) is 2.88. The van der Waals surface area contributed by atoms with E-state index < -0.39 is 0 Å². The van der Waals surface area contributed by atoms with Crippen LogP contribution < -0.4 is 5.32 Å². The van der Waals surface area contributed by atoms with Crippen molar-refractivity contribution in [2.45, 2.75) is 51.3 Å². The molecule has 2 nitrogen and oxygen atoms in total. The van der Waals surface area contributed by atoms with Crippen LogP contribution in [0.3, 0.4) is 0 Å². The van der Waals surface area contributed by atoms with E-state index >= 15 is 0 Å². The molecule has 0 aromatic heterocycles. The quantitative estimate of drug-likeness (QED) is 0.741. The van der Waals surface area contributed by atoms with Crippen LogP contribution in [0.5, 0.6) is 0 Å². The van der Waals surface area contributed by atoms with Crippen molar-refractivity contribution in [3.63, 3.8) is 0 Å². The molecule has 1 fully saturated rings. The molecule has 1 aromatic rings. The standard InChI is InChI=1S/C17H24BrNO/c1-13(2)11-17(8-3-4-9-17)16(20)19-15-7-5-6-14(10-15)12-18/h5-7,10,13H,3-4,8-9,11-12H2,1-2H3,(H,19,20). The molecule has 0 spiro atoms. The van der Waals surface area contributed by atoms with Crippen molar-refractivity contribution in [2.75, 3.05) is 5.32 Å². The fourth-order valence-electron chi connectivity index (χ4n) is 3.35. The summed E-state index contributed by atoms with van der Waals surface area (Å²) >= 11 is 3.45. The van der Waals surface area contributed by atoms with Gasteiger partial charge in [-0.2, -0.15) is 0 Å². The number of carbonyl (C=O) groups is 1. The lowest BCUT2D eigenvalue weighted by atomic mass is 9.77. The molecular formula is C17H24BrNO. The lowest BCUT2D eigenvalue weighted by Crippen LogP contribution is -2.35. The first kappa shape index (κ1) is 15.6. The van der Waals surface area contributed by atoms with Crippen LogP contribution in [0.15, 0.2) is 24.3 Å². The Morgan fingerprint density at radius 3 is 2.65 bits per heavy atom. The number of hydrogen-bond donors (Lipinski definition) is 1. The molecule has 2 rings (SSSR count). The summed E-state index contributed by atoms with van der Waals surface area (Å²) in [5.41, 5.74) is 1.97. The molecule has 0 atom stereocenters. The molecule has 1 aromatic carbocycles. The zero-order valence-electron chi connectivity index (χ0n) is 12.4. The number of halogens is 1. The van der Waals surface area contributed by atoms with E-state index in [1.807, 2.05) is 18.2 Å². The van der Waals surface area contributed by atoms with Crippen molar-refractivity contribution >= 4 is 27.5 Å². The van der Waals surface area contributed by atoms with Gasteiger partial charge in [-0.25, -0.2) is 0 Å². The maximum Gasteiger partial charge on any atom is 0.230 e. The van der Waals surface area contributed by atoms with E-state index in [2.05, 4.69) is 41.2 Å². The predicted octanol–water partition coefficient (Wildman–Crippen LogP) is 5.13. The highest BCUT2D eigenvalue weighted by Crippen LogP contribution is 2.44. The van der Waals surface area contributed by atoms with Crippen molar-refractivity contribution in [2.24, 2.45) is 11.3 Å². The second kappa shape index (κ2) is 6.75. The van der Waals surface area contributed by atoms with Crippen LogP contribution in [0.25, 0.3) is 0 Å². The molecule has 1 aliphatic rings. The van der Waals surface area contributed by atoms with Crippen LogP contribution >= 0.6 is 15.9 Å². The Morgan fingerprint density at radius 1 is 1.35 bits per heavy atom. The number of benzene rings is 1. The third kappa shape index (κ3) is 3.63. The smallest absolute Gasteiger partial charge is 0.230 e. The van der Waals surface area contributed by atoms with Gasteiger partial charge in [0, 0.05) is 16.4 Å². The van der Waals surface area contributed by atoms with E-state index in [1.165, 1.54) is 18.4 Å². The van der Waals surface area contributed by atoms with Crippen LogP contribution in [0.2, 0.25) is 0 Å². The van der Waals surface area contributed by atoms with Crippen molar-refractivity contribution in [3.05, 3.63) is 29.8 Å². The molecule has 1 aliphatic carbocycles. The monoisotopic (exact) mass is 337 g/mol. The molecule has 1 saturated carbocycles. The van der Waals surface area contributed by atoms with Crippen molar-refractivity contribution in [1.29, 1.82) is 0 Å². The summed E-state index contributed by atoms with van der Waals surface area (Å²) in [4.78, 5) is 12.7. The highest BCUT2D eigenvalue weighted by atomic mass is 79.9. The Labute approximate surface area is 130 Å². The molecule has 0 unspecified atom stereocenters. The zero-order valence-corrected chi connectivity index (χ0v) is 14.0. The van der Waals surface area contributed by atoms with Crippen LogP contribution in [-0.4, -0.2) is 5.91 Å². The number of anilines is 1. The Kier molecular flexibility index (Phi) is 5.25. The molecule has 1 amide bonds. The molecular weight excluding hydrogens is 314 g/mol. The minimum Gasteiger partial charge on any atom is -0.326 e. The molecule has 110 valence electrons. The first-order valence-corrected chi connectivity index (χ1v) is 8.64. The summed E-state index contributed by atoms with van der Waals surface area (Å²) in [6, 6.07) is 8.08. The molecule has 0 bridgehead atoms. The maximum absolute atomic E-state index is 12.7. The summed E-state index contributed by atoms with van der Waals surface area (Å²) in [6.07, 6.45) is 5.43.